The molecule has 192 valence electrons. The van der Waals surface area contributed by atoms with Gasteiger partial charge in [0.1, 0.15) is 17.3 Å². The zero-order valence-electron chi connectivity index (χ0n) is 21.0. The van der Waals surface area contributed by atoms with Crippen LogP contribution in [0.3, 0.4) is 0 Å². The number of pyridine rings is 2. The minimum atomic E-state index is -0.310. The van der Waals surface area contributed by atoms with Gasteiger partial charge in [-0.1, -0.05) is 24.2 Å². The second-order valence-corrected chi connectivity index (χ2v) is 11.0. The first-order valence-corrected chi connectivity index (χ1v) is 13.8. The van der Waals surface area contributed by atoms with Crippen molar-refractivity contribution < 1.29 is 9.84 Å². The quantitative estimate of drug-likeness (QED) is 0.370. The molecule has 2 N–H and O–H groups in total. The highest BCUT2D eigenvalue weighted by Crippen LogP contribution is 2.36. The van der Waals surface area contributed by atoms with E-state index >= 15 is 0 Å². The molecular formula is C28H32N6O2S. The van der Waals surface area contributed by atoms with Crippen molar-refractivity contribution in [3.63, 3.8) is 0 Å². The molecule has 4 heterocycles. The van der Waals surface area contributed by atoms with Gasteiger partial charge in [0.05, 0.1) is 22.4 Å². The van der Waals surface area contributed by atoms with E-state index in [0.717, 1.165) is 95.7 Å². The van der Waals surface area contributed by atoms with Crippen molar-refractivity contribution in [1.29, 1.82) is 0 Å². The van der Waals surface area contributed by atoms with E-state index in [1.54, 1.807) is 17.5 Å². The third-order valence-electron chi connectivity index (χ3n) is 7.29. The molecule has 0 radical (unpaired) electrons. The highest BCUT2D eigenvalue weighted by Gasteiger charge is 2.24. The van der Waals surface area contributed by atoms with E-state index < -0.39 is 0 Å². The zero-order valence-corrected chi connectivity index (χ0v) is 21.8. The van der Waals surface area contributed by atoms with Crippen LogP contribution in [0.1, 0.15) is 25.7 Å². The maximum Gasteiger partial charge on any atom is 0.184 e. The topological polar surface area (TPSA) is 86.6 Å². The van der Waals surface area contributed by atoms with E-state index in [9.17, 15) is 5.11 Å². The maximum absolute atomic E-state index is 10.3. The van der Waals surface area contributed by atoms with Crippen LogP contribution in [0.25, 0.3) is 21.3 Å². The van der Waals surface area contributed by atoms with E-state index in [1.807, 2.05) is 36.7 Å². The molecule has 2 atom stereocenters. The van der Waals surface area contributed by atoms with Crippen molar-refractivity contribution in [2.24, 2.45) is 0 Å². The van der Waals surface area contributed by atoms with E-state index in [1.165, 1.54) is 0 Å². The molecular weight excluding hydrogens is 484 g/mol. The van der Waals surface area contributed by atoms with Gasteiger partial charge in [-0.3, -0.25) is 4.98 Å². The minimum absolute atomic E-state index is 0.0701. The van der Waals surface area contributed by atoms with E-state index in [4.69, 9.17) is 14.7 Å². The molecule has 1 aliphatic carbocycles. The number of anilines is 2. The predicted molar refractivity (Wildman–Crippen MR) is 149 cm³/mol. The predicted octanol–water partition coefficient (Wildman–Crippen LogP) is 5.01. The molecule has 0 unspecified atom stereocenters. The van der Waals surface area contributed by atoms with Gasteiger partial charge < -0.3 is 25.0 Å². The molecule has 9 heteroatoms. The number of ether oxygens (including phenoxy) is 1. The second kappa shape index (κ2) is 10.6. The number of benzene rings is 1. The molecule has 8 nitrogen and oxygen atoms in total. The fourth-order valence-corrected chi connectivity index (χ4v) is 6.01. The monoisotopic (exact) mass is 516 g/mol. The molecule has 6 rings (SSSR count). The number of thiazole rings is 1. The number of hydrogen-bond donors (Lipinski definition) is 2. The molecule has 2 aliphatic rings. The van der Waals surface area contributed by atoms with Crippen molar-refractivity contribution in [3.8, 4) is 22.6 Å². The molecule has 37 heavy (non-hydrogen) atoms. The number of fused-ring (bicyclic) bond motifs is 1. The summed E-state index contributed by atoms with van der Waals surface area (Å²) in [6.07, 6.45) is 9.21. The number of aromatic nitrogens is 3. The molecule has 2 fully saturated rings. The second-order valence-electron chi connectivity index (χ2n) is 9.92. The summed E-state index contributed by atoms with van der Waals surface area (Å²) in [5.74, 6) is 2.48. The van der Waals surface area contributed by atoms with Gasteiger partial charge in [0.25, 0.3) is 0 Å². The Labute approximate surface area is 221 Å². The summed E-state index contributed by atoms with van der Waals surface area (Å²) in [5.41, 5.74) is 2.79. The summed E-state index contributed by atoms with van der Waals surface area (Å²) in [6.45, 7) is 4.08. The van der Waals surface area contributed by atoms with Gasteiger partial charge in [-0.2, -0.15) is 0 Å². The van der Waals surface area contributed by atoms with Crippen LogP contribution in [0.2, 0.25) is 0 Å². The van der Waals surface area contributed by atoms with Crippen LogP contribution in [0.5, 0.6) is 11.5 Å². The SMILES string of the molecule is CN1CCN(c2ccc(-c3cnccc3Oc3ccc4nc(N[C@@H]5CCCC[C@H]5O)sc4c3)cn2)CC1. The largest absolute Gasteiger partial charge is 0.457 e. The lowest BCUT2D eigenvalue weighted by molar-refractivity contribution is 0.116. The standard InChI is InChI=1S/C28H32N6O2S/c1-33-12-14-34(15-13-33)27-9-6-19(17-30-27)21-18-29-11-10-25(21)36-20-7-8-23-26(16-20)37-28(32-23)31-22-4-2-3-5-24(22)35/h6-11,16-18,22,24,35H,2-5,12-15H2,1H3,(H,31,32)/t22-,24-/m1/s1. The Morgan fingerprint density at radius 1 is 1.03 bits per heavy atom. The first kappa shape index (κ1) is 24.1. The highest BCUT2D eigenvalue weighted by molar-refractivity contribution is 7.22. The summed E-state index contributed by atoms with van der Waals surface area (Å²) in [5, 5.41) is 14.6. The number of aliphatic hydroxyl groups excluding tert-OH is 1. The number of aliphatic hydroxyl groups is 1. The summed E-state index contributed by atoms with van der Waals surface area (Å²) in [7, 11) is 2.16. The molecule has 0 spiro atoms. The van der Waals surface area contributed by atoms with Gasteiger partial charge in [0.15, 0.2) is 5.13 Å². The van der Waals surface area contributed by atoms with Crippen LogP contribution in [0.15, 0.2) is 55.0 Å². The Balaban J connectivity index is 1.19. The third kappa shape index (κ3) is 5.39. The molecule has 0 amide bonds. The molecule has 1 saturated heterocycles. The number of nitrogens with zero attached hydrogens (tertiary/aromatic N) is 5. The van der Waals surface area contributed by atoms with Crippen LogP contribution < -0.4 is 15.0 Å². The van der Waals surface area contributed by atoms with Crippen molar-refractivity contribution in [2.75, 3.05) is 43.4 Å². The maximum atomic E-state index is 10.3. The van der Waals surface area contributed by atoms with Gasteiger partial charge in [0, 0.05) is 62.0 Å². The van der Waals surface area contributed by atoms with Crippen molar-refractivity contribution in [1.82, 2.24) is 19.9 Å². The summed E-state index contributed by atoms with van der Waals surface area (Å²) in [4.78, 5) is 18.5. The number of hydrogen-bond acceptors (Lipinski definition) is 9. The average Bonchev–Trinajstić information content (AvgIpc) is 3.33. The smallest absolute Gasteiger partial charge is 0.184 e. The summed E-state index contributed by atoms with van der Waals surface area (Å²) >= 11 is 1.59. The molecule has 4 aromatic rings. The first-order chi connectivity index (χ1) is 18.1. The van der Waals surface area contributed by atoms with Crippen molar-refractivity contribution in [3.05, 3.63) is 55.0 Å². The molecule has 1 aliphatic heterocycles. The Morgan fingerprint density at radius 2 is 1.89 bits per heavy atom. The van der Waals surface area contributed by atoms with Gasteiger partial charge in [0.2, 0.25) is 0 Å². The highest BCUT2D eigenvalue weighted by atomic mass is 32.1. The van der Waals surface area contributed by atoms with E-state index in [0.29, 0.717) is 0 Å². The average molecular weight is 517 g/mol. The summed E-state index contributed by atoms with van der Waals surface area (Å²) < 4.78 is 7.38. The lowest BCUT2D eigenvalue weighted by Crippen LogP contribution is -2.44. The Morgan fingerprint density at radius 3 is 2.70 bits per heavy atom. The molecule has 1 aromatic carbocycles. The number of piperazine rings is 1. The molecule has 3 aromatic heterocycles. The van der Waals surface area contributed by atoms with Gasteiger partial charge in [-0.25, -0.2) is 9.97 Å². The number of nitrogens with one attached hydrogen (secondary N) is 1. The van der Waals surface area contributed by atoms with Crippen molar-refractivity contribution >= 4 is 32.5 Å². The van der Waals surface area contributed by atoms with Gasteiger partial charge in [-0.05, 0) is 50.2 Å². The Bertz CT molecular complexity index is 1350. The van der Waals surface area contributed by atoms with Crippen LogP contribution in [0.4, 0.5) is 10.9 Å². The summed E-state index contributed by atoms with van der Waals surface area (Å²) in [6, 6.07) is 12.1. The fourth-order valence-electron chi connectivity index (χ4n) is 5.05. The van der Waals surface area contributed by atoms with E-state index in [2.05, 4.69) is 39.3 Å². The lowest BCUT2D eigenvalue weighted by Gasteiger charge is -2.33. The minimum Gasteiger partial charge on any atom is -0.457 e. The first-order valence-electron chi connectivity index (χ1n) is 13.0. The fraction of sp³-hybridized carbons (Fsp3) is 0.393. The number of likely N-dealkylation sites (N-methyl/N-ethyl adjacent to an activating group) is 1. The third-order valence-corrected chi connectivity index (χ3v) is 8.24. The molecule has 0 bridgehead atoms. The Hall–Kier alpha value is -3.27. The lowest BCUT2D eigenvalue weighted by atomic mass is 9.93. The Kier molecular flexibility index (Phi) is 6.91. The molecule has 1 saturated carbocycles. The van der Waals surface area contributed by atoms with Gasteiger partial charge in [-0.15, -0.1) is 0 Å². The van der Waals surface area contributed by atoms with Crippen LogP contribution in [0, 0.1) is 0 Å². The van der Waals surface area contributed by atoms with E-state index in [-0.39, 0.29) is 12.1 Å². The van der Waals surface area contributed by atoms with Gasteiger partial charge >= 0.3 is 0 Å². The van der Waals surface area contributed by atoms with Crippen LogP contribution in [-0.2, 0) is 0 Å². The zero-order chi connectivity index (χ0) is 25.2. The number of rotatable bonds is 6. The van der Waals surface area contributed by atoms with Crippen molar-refractivity contribution in [2.45, 2.75) is 37.8 Å². The normalized spacial score (nSPS) is 20.8. The van der Waals surface area contributed by atoms with Crippen LogP contribution in [-0.4, -0.2) is 70.3 Å². The van der Waals surface area contributed by atoms with Crippen LogP contribution >= 0.6 is 11.3 Å².